The smallest absolute Gasteiger partial charge is 0.247 e. The number of rotatable bonds is 3. The van der Waals surface area contributed by atoms with Crippen LogP contribution < -0.4 is 16.2 Å². The number of hydrazine groups is 1. The molecule has 1 fully saturated rings. The van der Waals surface area contributed by atoms with E-state index in [9.17, 15) is 4.79 Å². The molecule has 1 unspecified atom stereocenters. The van der Waals surface area contributed by atoms with Crippen LogP contribution in [0.3, 0.4) is 0 Å². The van der Waals surface area contributed by atoms with Gasteiger partial charge in [-0.2, -0.15) is 0 Å². The molecule has 0 bridgehead atoms. The lowest BCUT2D eigenvalue weighted by molar-refractivity contribution is -0.127. The lowest BCUT2D eigenvalue weighted by Gasteiger charge is -2.34. The van der Waals surface area contributed by atoms with Gasteiger partial charge in [0, 0.05) is 0 Å². The molecule has 0 aromatic rings. The Morgan fingerprint density at radius 1 is 1.54 bits per heavy atom. The maximum atomic E-state index is 11.5. The molecule has 1 rings (SSSR count). The summed E-state index contributed by atoms with van der Waals surface area (Å²) in [7, 11) is 0. The van der Waals surface area contributed by atoms with E-state index in [2.05, 4.69) is 23.1 Å². The summed E-state index contributed by atoms with van der Waals surface area (Å²) in [6.45, 7) is 3.97. The van der Waals surface area contributed by atoms with Crippen LogP contribution in [-0.4, -0.2) is 16.6 Å². The minimum absolute atomic E-state index is 0.0512. The quantitative estimate of drug-likeness (QED) is 0.580. The molecule has 3 N–H and O–H groups in total. The first-order valence-corrected chi connectivity index (χ1v) is 4.88. The summed E-state index contributed by atoms with van der Waals surface area (Å²) < 4.78 is 0. The van der Waals surface area contributed by atoms with Crippen LogP contribution >= 0.6 is 12.2 Å². The van der Waals surface area contributed by atoms with Crippen LogP contribution in [0, 0.1) is 0 Å². The molecule has 0 aliphatic carbocycles. The van der Waals surface area contributed by atoms with Gasteiger partial charge in [-0.3, -0.25) is 10.2 Å². The van der Waals surface area contributed by atoms with Gasteiger partial charge in [0.2, 0.25) is 5.91 Å². The van der Waals surface area contributed by atoms with E-state index in [1.165, 1.54) is 0 Å². The van der Waals surface area contributed by atoms with Crippen molar-refractivity contribution in [3.63, 3.8) is 0 Å². The molecule has 0 aromatic carbocycles. The molecule has 1 heterocycles. The highest BCUT2D eigenvalue weighted by Crippen LogP contribution is 2.14. The van der Waals surface area contributed by atoms with E-state index in [4.69, 9.17) is 12.2 Å². The van der Waals surface area contributed by atoms with Crippen molar-refractivity contribution in [1.82, 2.24) is 16.2 Å². The standard InChI is InChI=1S/C8H15N3OS/c1-3-4-5-8(2)6(12)9-7(13)10-11-8/h11H,3-5H2,1-2H3,(H2,9,10,12,13). The fraction of sp³-hybridized carbons (Fsp3) is 0.750. The Morgan fingerprint density at radius 2 is 2.23 bits per heavy atom. The molecule has 74 valence electrons. The summed E-state index contributed by atoms with van der Waals surface area (Å²) in [6, 6.07) is 0. The van der Waals surface area contributed by atoms with Gasteiger partial charge in [-0.1, -0.05) is 19.8 Å². The number of carbonyl (C=O) groups is 1. The molecule has 0 spiro atoms. The van der Waals surface area contributed by atoms with Gasteiger partial charge in [-0.25, -0.2) is 5.43 Å². The topological polar surface area (TPSA) is 53.2 Å². The van der Waals surface area contributed by atoms with E-state index in [0.29, 0.717) is 5.11 Å². The third kappa shape index (κ3) is 2.38. The van der Waals surface area contributed by atoms with Gasteiger partial charge in [0.25, 0.3) is 0 Å². The van der Waals surface area contributed by atoms with Crippen LogP contribution in [0.15, 0.2) is 0 Å². The molecule has 1 atom stereocenters. The van der Waals surface area contributed by atoms with Crippen molar-refractivity contribution in [2.75, 3.05) is 0 Å². The van der Waals surface area contributed by atoms with Gasteiger partial charge in [-0.05, 0) is 25.6 Å². The summed E-state index contributed by atoms with van der Waals surface area (Å²) in [5.41, 5.74) is 5.16. The van der Waals surface area contributed by atoms with Crippen LogP contribution in [0.2, 0.25) is 0 Å². The maximum absolute atomic E-state index is 11.5. The van der Waals surface area contributed by atoms with E-state index in [-0.39, 0.29) is 5.91 Å². The molecule has 1 saturated heterocycles. The molecule has 5 heteroatoms. The van der Waals surface area contributed by atoms with Gasteiger partial charge in [-0.15, -0.1) is 0 Å². The fourth-order valence-electron chi connectivity index (χ4n) is 1.23. The summed E-state index contributed by atoms with van der Waals surface area (Å²) >= 11 is 4.79. The Morgan fingerprint density at radius 3 is 2.77 bits per heavy atom. The van der Waals surface area contributed by atoms with Gasteiger partial charge >= 0.3 is 0 Å². The first-order chi connectivity index (χ1) is 6.08. The minimum atomic E-state index is -0.529. The molecule has 0 radical (unpaired) electrons. The average molecular weight is 201 g/mol. The number of carbonyl (C=O) groups excluding carboxylic acids is 1. The first kappa shape index (κ1) is 10.4. The summed E-state index contributed by atoms with van der Waals surface area (Å²) in [4.78, 5) is 11.5. The zero-order valence-electron chi connectivity index (χ0n) is 7.94. The highest BCUT2D eigenvalue weighted by molar-refractivity contribution is 7.80. The minimum Gasteiger partial charge on any atom is -0.300 e. The van der Waals surface area contributed by atoms with E-state index >= 15 is 0 Å². The molecule has 13 heavy (non-hydrogen) atoms. The lowest BCUT2D eigenvalue weighted by atomic mass is 9.94. The summed E-state index contributed by atoms with van der Waals surface area (Å²) in [6.07, 6.45) is 2.91. The maximum Gasteiger partial charge on any atom is 0.247 e. The average Bonchev–Trinajstić information content (AvgIpc) is 2.09. The summed E-state index contributed by atoms with van der Waals surface area (Å²) in [5.74, 6) is -0.0512. The van der Waals surface area contributed by atoms with E-state index in [1.54, 1.807) is 0 Å². The SMILES string of the molecule is CCCCC1(C)NNC(=S)NC1=O. The van der Waals surface area contributed by atoms with Crippen molar-refractivity contribution in [2.24, 2.45) is 0 Å². The van der Waals surface area contributed by atoms with Crippen LogP contribution in [0.25, 0.3) is 0 Å². The van der Waals surface area contributed by atoms with Gasteiger partial charge < -0.3 is 5.32 Å². The number of hydrogen-bond acceptors (Lipinski definition) is 3. The third-order valence-corrected chi connectivity index (χ3v) is 2.41. The second-order valence-electron chi connectivity index (χ2n) is 3.47. The van der Waals surface area contributed by atoms with Crippen molar-refractivity contribution in [1.29, 1.82) is 0 Å². The first-order valence-electron chi connectivity index (χ1n) is 4.47. The number of hydrogen-bond donors (Lipinski definition) is 3. The largest absolute Gasteiger partial charge is 0.300 e. The zero-order chi connectivity index (χ0) is 9.90. The molecule has 1 aliphatic rings. The molecule has 4 nitrogen and oxygen atoms in total. The summed E-state index contributed by atoms with van der Waals surface area (Å²) in [5, 5.41) is 2.94. The van der Waals surface area contributed by atoms with Crippen molar-refractivity contribution in [3.8, 4) is 0 Å². The Labute approximate surface area is 83.4 Å². The monoisotopic (exact) mass is 201 g/mol. The molecular weight excluding hydrogens is 186 g/mol. The third-order valence-electron chi connectivity index (χ3n) is 2.21. The predicted octanol–water partition coefficient (Wildman–Crippen LogP) is 0.444. The molecule has 0 aromatic heterocycles. The van der Waals surface area contributed by atoms with E-state index in [1.807, 2.05) is 6.92 Å². The van der Waals surface area contributed by atoms with Crippen molar-refractivity contribution < 1.29 is 4.79 Å². The molecule has 0 saturated carbocycles. The van der Waals surface area contributed by atoms with E-state index in [0.717, 1.165) is 19.3 Å². The second kappa shape index (κ2) is 4.02. The molecule has 1 aliphatic heterocycles. The van der Waals surface area contributed by atoms with Gasteiger partial charge in [0.05, 0.1) is 0 Å². The highest BCUT2D eigenvalue weighted by Gasteiger charge is 2.36. The van der Waals surface area contributed by atoms with Crippen molar-refractivity contribution in [2.45, 2.75) is 38.6 Å². The van der Waals surface area contributed by atoms with Crippen LogP contribution in [0.1, 0.15) is 33.1 Å². The van der Waals surface area contributed by atoms with Crippen molar-refractivity contribution >= 4 is 23.2 Å². The van der Waals surface area contributed by atoms with Crippen LogP contribution in [0.5, 0.6) is 0 Å². The van der Waals surface area contributed by atoms with Gasteiger partial charge in [0.1, 0.15) is 5.54 Å². The fourth-order valence-corrected chi connectivity index (χ4v) is 1.37. The Bertz CT molecular complexity index is 231. The molecular formula is C8H15N3OS. The normalized spacial score (nSPS) is 28.2. The highest BCUT2D eigenvalue weighted by atomic mass is 32.1. The molecule has 1 amide bonds. The number of unbranched alkanes of at least 4 members (excludes halogenated alkanes) is 1. The predicted molar refractivity (Wildman–Crippen MR) is 54.9 cm³/mol. The lowest BCUT2D eigenvalue weighted by Crippen LogP contribution is -2.68. The number of thiocarbonyl (C=S) groups is 1. The van der Waals surface area contributed by atoms with Gasteiger partial charge in [0.15, 0.2) is 5.11 Å². The second-order valence-corrected chi connectivity index (χ2v) is 3.88. The Kier molecular flexibility index (Phi) is 3.22. The Balaban J connectivity index is 2.56. The van der Waals surface area contributed by atoms with E-state index < -0.39 is 5.54 Å². The number of nitrogens with one attached hydrogen (secondary N) is 3. The van der Waals surface area contributed by atoms with Crippen LogP contribution in [-0.2, 0) is 4.79 Å². The Hall–Kier alpha value is -0.680. The number of amides is 1. The van der Waals surface area contributed by atoms with Crippen LogP contribution in [0.4, 0.5) is 0 Å². The van der Waals surface area contributed by atoms with Crippen molar-refractivity contribution in [3.05, 3.63) is 0 Å². The zero-order valence-corrected chi connectivity index (χ0v) is 8.75.